The Morgan fingerprint density at radius 3 is 1.40 bits per heavy atom. The van der Waals surface area contributed by atoms with E-state index in [1.165, 1.54) is 77.2 Å². The van der Waals surface area contributed by atoms with E-state index in [0.29, 0.717) is 0 Å². The molecular formula is C38H28N2. The van der Waals surface area contributed by atoms with E-state index in [0.717, 1.165) is 0 Å². The molecular weight excluding hydrogens is 484 g/mol. The van der Waals surface area contributed by atoms with Crippen LogP contribution in [0, 0.1) is 13.8 Å². The molecule has 0 saturated heterocycles. The van der Waals surface area contributed by atoms with Gasteiger partial charge < -0.3 is 9.13 Å². The summed E-state index contributed by atoms with van der Waals surface area (Å²) in [5, 5.41) is 5.13. The Morgan fingerprint density at radius 2 is 0.875 bits per heavy atom. The van der Waals surface area contributed by atoms with Crippen molar-refractivity contribution in [2.75, 3.05) is 0 Å². The molecule has 0 amide bonds. The lowest BCUT2D eigenvalue weighted by Crippen LogP contribution is -2.00. The van der Waals surface area contributed by atoms with Crippen LogP contribution < -0.4 is 0 Å². The summed E-state index contributed by atoms with van der Waals surface area (Å²) in [7, 11) is 0. The van der Waals surface area contributed by atoms with Gasteiger partial charge in [-0.05, 0) is 78.6 Å². The monoisotopic (exact) mass is 512 g/mol. The first-order valence-corrected chi connectivity index (χ1v) is 13.9. The average molecular weight is 513 g/mol. The molecule has 2 nitrogen and oxygen atoms in total. The molecule has 0 aliphatic carbocycles. The van der Waals surface area contributed by atoms with Gasteiger partial charge in [-0.2, -0.15) is 0 Å². The fourth-order valence-corrected chi connectivity index (χ4v) is 6.58. The Balaban J connectivity index is 1.37. The van der Waals surface area contributed by atoms with E-state index in [-0.39, 0.29) is 0 Å². The summed E-state index contributed by atoms with van der Waals surface area (Å²) in [5.74, 6) is 0. The van der Waals surface area contributed by atoms with Gasteiger partial charge in [0.1, 0.15) is 0 Å². The maximum Gasteiger partial charge on any atom is 0.0541 e. The smallest absolute Gasteiger partial charge is 0.0541 e. The van der Waals surface area contributed by atoms with Crippen LogP contribution in [0.4, 0.5) is 0 Å². The summed E-state index contributed by atoms with van der Waals surface area (Å²) < 4.78 is 4.83. The standard InChI is InChI=1S/C38H28N2/c1-25-22-23-27(39-35-17-7-3-12-29(35)30-13-4-8-18-36(30)39)24-33(25)28-16-11-21-34(26(28)2)40-37-19-9-5-14-31(37)32-15-6-10-20-38(32)40/h3-24H,1-2H3. The Kier molecular flexibility index (Phi) is 4.99. The molecule has 0 atom stereocenters. The predicted octanol–water partition coefficient (Wildman–Crippen LogP) is 10.2. The molecule has 0 spiro atoms. The fourth-order valence-electron chi connectivity index (χ4n) is 6.58. The van der Waals surface area contributed by atoms with Crippen LogP contribution in [0.25, 0.3) is 66.1 Å². The molecule has 6 aromatic carbocycles. The number of aryl methyl sites for hydroxylation is 1. The quantitative estimate of drug-likeness (QED) is 0.223. The highest BCUT2D eigenvalue weighted by molar-refractivity contribution is 6.10. The lowest BCUT2D eigenvalue weighted by molar-refractivity contribution is 1.15. The van der Waals surface area contributed by atoms with Gasteiger partial charge in [-0.15, -0.1) is 0 Å². The highest BCUT2D eigenvalue weighted by Gasteiger charge is 2.17. The van der Waals surface area contributed by atoms with Gasteiger partial charge in [0.05, 0.1) is 22.1 Å². The van der Waals surface area contributed by atoms with Crippen molar-refractivity contribution in [3.63, 3.8) is 0 Å². The van der Waals surface area contributed by atoms with Crippen molar-refractivity contribution in [2.45, 2.75) is 13.8 Å². The minimum Gasteiger partial charge on any atom is -0.309 e. The fraction of sp³-hybridized carbons (Fsp3) is 0.0526. The summed E-state index contributed by atoms with van der Waals surface area (Å²) in [4.78, 5) is 0. The van der Waals surface area contributed by atoms with Crippen LogP contribution >= 0.6 is 0 Å². The highest BCUT2D eigenvalue weighted by Crippen LogP contribution is 2.38. The van der Waals surface area contributed by atoms with Gasteiger partial charge in [-0.3, -0.25) is 0 Å². The van der Waals surface area contributed by atoms with Gasteiger partial charge >= 0.3 is 0 Å². The third kappa shape index (κ3) is 3.23. The van der Waals surface area contributed by atoms with Crippen molar-refractivity contribution in [2.24, 2.45) is 0 Å². The summed E-state index contributed by atoms with van der Waals surface area (Å²) in [5.41, 5.74) is 12.4. The van der Waals surface area contributed by atoms with E-state index >= 15 is 0 Å². The van der Waals surface area contributed by atoms with Gasteiger partial charge in [0.15, 0.2) is 0 Å². The zero-order valence-electron chi connectivity index (χ0n) is 22.6. The molecule has 2 heteroatoms. The normalized spacial score (nSPS) is 11.8. The van der Waals surface area contributed by atoms with Crippen molar-refractivity contribution >= 4 is 43.6 Å². The summed E-state index contributed by atoms with van der Waals surface area (Å²) in [6, 6.07) is 48.5. The van der Waals surface area contributed by atoms with Crippen LogP contribution in [-0.2, 0) is 0 Å². The van der Waals surface area contributed by atoms with E-state index in [1.807, 2.05) is 0 Å². The first-order valence-electron chi connectivity index (χ1n) is 13.9. The van der Waals surface area contributed by atoms with Crippen LogP contribution in [0.5, 0.6) is 0 Å². The molecule has 0 unspecified atom stereocenters. The second-order valence-electron chi connectivity index (χ2n) is 10.7. The number of para-hydroxylation sites is 4. The van der Waals surface area contributed by atoms with Gasteiger partial charge in [0, 0.05) is 32.9 Å². The third-order valence-electron chi connectivity index (χ3n) is 8.48. The highest BCUT2D eigenvalue weighted by atomic mass is 15.0. The van der Waals surface area contributed by atoms with Crippen LogP contribution in [0.3, 0.4) is 0 Å². The van der Waals surface area contributed by atoms with Gasteiger partial charge in [0.25, 0.3) is 0 Å². The molecule has 8 rings (SSSR count). The minimum atomic E-state index is 1.18. The van der Waals surface area contributed by atoms with E-state index in [4.69, 9.17) is 0 Å². The zero-order chi connectivity index (χ0) is 26.8. The van der Waals surface area contributed by atoms with E-state index in [2.05, 4.69) is 156 Å². The van der Waals surface area contributed by atoms with E-state index in [1.54, 1.807) is 0 Å². The molecule has 2 aromatic heterocycles. The second-order valence-corrected chi connectivity index (χ2v) is 10.7. The number of nitrogens with zero attached hydrogens (tertiary/aromatic N) is 2. The summed E-state index contributed by atoms with van der Waals surface area (Å²) in [6.45, 7) is 4.48. The van der Waals surface area contributed by atoms with Gasteiger partial charge in [-0.1, -0.05) is 91.0 Å². The second kappa shape index (κ2) is 8.72. The number of rotatable bonds is 3. The van der Waals surface area contributed by atoms with Crippen molar-refractivity contribution in [3.05, 3.63) is 145 Å². The van der Waals surface area contributed by atoms with Gasteiger partial charge in [0.2, 0.25) is 0 Å². The molecule has 0 bridgehead atoms. The van der Waals surface area contributed by atoms with Gasteiger partial charge in [-0.25, -0.2) is 0 Å². The first kappa shape index (κ1) is 22.9. The number of hydrogen-bond acceptors (Lipinski definition) is 0. The van der Waals surface area contributed by atoms with E-state index in [9.17, 15) is 0 Å². The summed E-state index contributed by atoms with van der Waals surface area (Å²) in [6.07, 6.45) is 0. The molecule has 0 fully saturated rings. The number of fused-ring (bicyclic) bond motifs is 6. The van der Waals surface area contributed by atoms with Crippen LogP contribution in [-0.4, -0.2) is 9.13 Å². The number of aromatic nitrogens is 2. The molecule has 0 aliphatic heterocycles. The van der Waals surface area contributed by atoms with Crippen LogP contribution in [0.2, 0.25) is 0 Å². The third-order valence-corrected chi connectivity index (χ3v) is 8.48. The number of hydrogen-bond donors (Lipinski definition) is 0. The van der Waals surface area contributed by atoms with Crippen molar-refractivity contribution in [3.8, 4) is 22.5 Å². The molecule has 40 heavy (non-hydrogen) atoms. The van der Waals surface area contributed by atoms with Crippen molar-refractivity contribution in [1.29, 1.82) is 0 Å². The Hall–Kier alpha value is -5.08. The average Bonchev–Trinajstić information content (AvgIpc) is 3.51. The molecule has 0 aliphatic rings. The largest absolute Gasteiger partial charge is 0.309 e. The molecule has 0 radical (unpaired) electrons. The Morgan fingerprint density at radius 1 is 0.400 bits per heavy atom. The molecule has 8 aromatic rings. The maximum atomic E-state index is 2.43. The molecule has 2 heterocycles. The van der Waals surface area contributed by atoms with Crippen molar-refractivity contribution in [1.82, 2.24) is 9.13 Å². The topological polar surface area (TPSA) is 9.86 Å². The molecule has 0 saturated carbocycles. The lowest BCUT2D eigenvalue weighted by atomic mass is 9.95. The molecule has 190 valence electrons. The Bertz CT molecular complexity index is 2140. The van der Waals surface area contributed by atoms with Crippen LogP contribution in [0.1, 0.15) is 11.1 Å². The summed E-state index contributed by atoms with van der Waals surface area (Å²) >= 11 is 0. The Labute approximate surface area is 233 Å². The maximum absolute atomic E-state index is 2.43. The first-order chi connectivity index (χ1) is 19.7. The minimum absolute atomic E-state index is 1.18. The SMILES string of the molecule is Cc1ccc(-n2c3ccccc3c3ccccc32)cc1-c1cccc(-n2c3ccccc3c3ccccc32)c1C. The van der Waals surface area contributed by atoms with Crippen molar-refractivity contribution < 1.29 is 0 Å². The number of benzene rings is 6. The van der Waals surface area contributed by atoms with Crippen LogP contribution in [0.15, 0.2) is 133 Å². The zero-order valence-corrected chi connectivity index (χ0v) is 22.6. The van der Waals surface area contributed by atoms with E-state index < -0.39 is 0 Å². The lowest BCUT2D eigenvalue weighted by Gasteiger charge is -2.18. The molecule has 0 N–H and O–H groups in total. The predicted molar refractivity (Wildman–Crippen MR) is 170 cm³/mol.